The number of nitrogens with one attached hydrogen (secondary N) is 1. The van der Waals surface area contributed by atoms with Gasteiger partial charge >= 0.3 is 18.2 Å². The normalized spacial score (nSPS) is 18.5. The highest BCUT2D eigenvalue weighted by molar-refractivity contribution is 6.39. The standard InChI is InChI=1S/C23H27N5O3.C2HF3O2/c1-27(16-19-10-5-6-12-24-19)21(29)20-14-23(31-26-20)11-7-13-28(17-23)22(30)25-15-18-8-3-2-4-9-18;3-2(4,5)1(6)7/h2-6,8-10,12H,7,11,13-17H2,1H3,(H,25,30);(H,6,7). The topological polar surface area (TPSA) is 124 Å². The third-order valence-corrected chi connectivity index (χ3v) is 5.91. The smallest absolute Gasteiger partial charge is 0.475 e. The number of aliphatic carboxylic acids is 1. The van der Waals surface area contributed by atoms with Crippen LogP contribution < -0.4 is 5.32 Å². The van der Waals surface area contributed by atoms with E-state index in [1.165, 1.54) is 0 Å². The molecule has 1 aromatic carbocycles. The van der Waals surface area contributed by atoms with Crippen molar-refractivity contribution in [3.8, 4) is 0 Å². The van der Waals surface area contributed by atoms with E-state index in [-0.39, 0.29) is 11.9 Å². The molecule has 3 heterocycles. The highest BCUT2D eigenvalue weighted by atomic mass is 19.4. The Hall–Kier alpha value is -4.16. The molecule has 1 fully saturated rings. The van der Waals surface area contributed by atoms with Gasteiger partial charge in [0, 0.05) is 32.8 Å². The lowest BCUT2D eigenvalue weighted by molar-refractivity contribution is -0.192. The van der Waals surface area contributed by atoms with Gasteiger partial charge in [-0.05, 0) is 30.5 Å². The van der Waals surface area contributed by atoms with Crippen molar-refractivity contribution in [3.05, 3.63) is 66.0 Å². The molecule has 1 saturated heterocycles. The van der Waals surface area contributed by atoms with Gasteiger partial charge in [0.05, 0.1) is 18.8 Å². The molecule has 2 aliphatic heterocycles. The first kappa shape index (κ1) is 28.4. The Morgan fingerprint density at radius 2 is 1.84 bits per heavy atom. The fraction of sp³-hybridized carbons (Fsp3) is 0.400. The fourth-order valence-corrected chi connectivity index (χ4v) is 4.04. The number of hydrogen-bond acceptors (Lipinski definition) is 6. The summed E-state index contributed by atoms with van der Waals surface area (Å²) in [6, 6.07) is 15.3. The highest BCUT2D eigenvalue weighted by Crippen LogP contribution is 2.34. The first-order valence-corrected chi connectivity index (χ1v) is 11.8. The van der Waals surface area contributed by atoms with Crippen LogP contribution in [0.25, 0.3) is 0 Å². The maximum absolute atomic E-state index is 12.8. The Balaban J connectivity index is 0.000000505. The number of alkyl halides is 3. The number of amides is 3. The molecule has 2 aromatic rings. The van der Waals surface area contributed by atoms with Crippen molar-refractivity contribution in [2.45, 2.75) is 44.1 Å². The van der Waals surface area contributed by atoms with Gasteiger partial charge in [0.25, 0.3) is 5.91 Å². The lowest BCUT2D eigenvalue weighted by Crippen LogP contribution is -2.53. The van der Waals surface area contributed by atoms with Crippen LogP contribution in [0.1, 0.15) is 30.5 Å². The number of urea groups is 1. The number of carboxylic acid groups (broad SMARTS) is 1. The molecule has 204 valence electrons. The summed E-state index contributed by atoms with van der Waals surface area (Å²) < 4.78 is 31.7. The minimum absolute atomic E-state index is 0.126. The van der Waals surface area contributed by atoms with Crippen LogP contribution in [0, 0.1) is 0 Å². The summed E-state index contributed by atoms with van der Waals surface area (Å²) in [5, 5.41) is 14.2. The van der Waals surface area contributed by atoms with E-state index in [1.807, 2.05) is 48.5 Å². The van der Waals surface area contributed by atoms with Crippen molar-refractivity contribution in [1.29, 1.82) is 0 Å². The summed E-state index contributed by atoms with van der Waals surface area (Å²) in [6.07, 6.45) is -1.40. The Labute approximate surface area is 217 Å². The second-order valence-electron chi connectivity index (χ2n) is 8.94. The third-order valence-electron chi connectivity index (χ3n) is 5.91. The molecule has 1 atom stereocenters. The van der Waals surface area contributed by atoms with E-state index in [9.17, 15) is 22.8 Å². The average Bonchev–Trinajstić information content (AvgIpc) is 3.30. The first-order chi connectivity index (χ1) is 18.0. The van der Waals surface area contributed by atoms with Crippen molar-refractivity contribution >= 4 is 23.6 Å². The molecule has 0 saturated carbocycles. The largest absolute Gasteiger partial charge is 0.490 e. The van der Waals surface area contributed by atoms with Gasteiger partial charge in [-0.15, -0.1) is 0 Å². The lowest BCUT2D eigenvalue weighted by atomic mass is 9.88. The molecule has 38 heavy (non-hydrogen) atoms. The van der Waals surface area contributed by atoms with E-state index in [0.717, 1.165) is 24.1 Å². The van der Waals surface area contributed by atoms with Crippen LogP contribution in [-0.4, -0.2) is 75.4 Å². The first-order valence-electron chi connectivity index (χ1n) is 11.8. The van der Waals surface area contributed by atoms with Crippen molar-refractivity contribution in [2.24, 2.45) is 5.16 Å². The van der Waals surface area contributed by atoms with Crippen LogP contribution in [0.2, 0.25) is 0 Å². The Morgan fingerprint density at radius 1 is 1.16 bits per heavy atom. The maximum Gasteiger partial charge on any atom is 0.490 e. The van der Waals surface area contributed by atoms with Gasteiger partial charge in [-0.1, -0.05) is 41.6 Å². The number of carboxylic acids is 1. The molecule has 0 radical (unpaired) electrons. The van der Waals surface area contributed by atoms with Gasteiger partial charge in [-0.3, -0.25) is 9.78 Å². The summed E-state index contributed by atoms with van der Waals surface area (Å²) in [5.41, 5.74) is 1.63. The molecule has 2 N–H and O–H groups in total. The second-order valence-corrected chi connectivity index (χ2v) is 8.94. The molecule has 0 aliphatic carbocycles. The van der Waals surface area contributed by atoms with Crippen molar-refractivity contribution in [3.63, 3.8) is 0 Å². The number of halogens is 3. The van der Waals surface area contributed by atoms with Crippen molar-refractivity contribution in [1.82, 2.24) is 20.1 Å². The quantitative estimate of drug-likeness (QED) is 0.606. The number of carbonyl (C=O) groups excluding carboxylic acids is 2. The maximum atomic E-state index is 12.8. The molecule has 0 bridgehead atoms. The third kappa shape index (κ3) is 7.92. The zero-order valence-corrected chi connectivity index (χ0v) is 20.6. The van der Waals surface area contributed by atoms with Gasteiger partial charge in [0.15, 0.2) is 5.60 Å². The van der Waals surface area contributed by atoms with E-state index < -0.39 is 17.7 Å². The van der Waals surface area contributed by atoms with Gasteiger partial charge in [-0.25, -0.2) is 9.59 Å². The van der Waals surface area contributed by atoms with E-state index in [0.29, 0.717) is 38.3 Å². The predicted octanol–water partition coefficient (Wildman–Crippen LogP) is 3.19. The minimum Gasteiger partial charge on any atom is -0.475 e. The number of benzene rings is 1. The van der Waals surface area contributed by atoms with E-state index >= 15 is 0 Å². The van der Waals surface area contributed by atoms with Crippen LogP contribution in [0.3, 0.4) is 0 Å². The van der Waals surface area contributed by atoms with Gasteiger partial charge < -0.3 is 25.1 Å². The highest BCUT2D eigenvalue weighted by Gasteiger charge is 2.46. The number of carbonyl (C=O) groups is 3. The number of oxime groups is 1. The van der Waals surface area contributed by atoms with Gasteiger partial charge in [0.2, 0.25) is 0 Å². The molecule has 1 aromatic heterocycles. The molecule has 1 spiro atoms. The SMILES string of the molecule is CN(Cc1ccccn1)C(=O)C1=NOC2(CCCN(C(=O)NCc3ccccc3)C2)C1.O=C(O)C(F)(F)F. The molecular weight excluding hydrogens is 507 g/mol. The minimum atomic E-state index is -5.08. The van der Waals surface area contributed by atoms with Crippen molar-refractivity contribution in [2.75, 3.05) is 20.1 Å². The van der Waals surface area contributed by atoms with Crippen LogP contribution in [0.15, 0.2) is 59.9 Å². The number of nitrogens with zero attached hydrogens (tertiary/aromatic N) is 4. The Morgan fingerprint density at radius 3 is 2.47 bits per heavy atom. The molecule has 13 heteroatoms. The zero-order valence-electron chi connectivity index (χ0n) is 20.6. The van der Waals surface area contributed by atoms with Crippen LogP contribution >= 0.6 is 0 Å². The molecule has 1 unspecified atom stereocenters. The van der Waals surface area contributed by atoms with E-state index in [4.69, 9.17) is 14.7 Å². The molecular formula is C25H28F3N5O5. The molecule has 2 aliphatic rings. The second kappa shape index (κ2) is 12.4. The number of rotatable bonds is 5. The summed E-state index contributed by atoms with van der Waals surface area (Å²) in [6.45, 7) is 1.95. The number of piperidine rings is 1. The average molecular weight is 536 g/mol. The number of hydrogen-bond donors (Lipinski definition) is 2. The van der Waals surface area contributed by atoms with Gasteiger partial charge in [0.1, 0.15) is 5.71 Å². The summed E-state index contributed by atoms with van der Waals surface area (Å²) in [7, 11) is 1.73. The number of likely N-dealkylation sites (tertiary alicyclic amines) is 1. The molecule has 10 nitrogen and oxygen atoms in total. The fourth-order valence-electron chi connectivity index (χ4n) is 4.04. The lowest BCUT2D eigenvalue weighted by Gasteiger charge is -2.38. The number of pyridine rings is 1. The summed E-state index contributed by atoms with van der Waals surface area (Å²) in [5.74, 6) is -2.93. The molecule has 4 rings (SSSR count). The van der Waals surface area contributed by atoms with Crippen LogP contribution in [-0.2, 0) is 27.5 Å². The van der Waals surface area contributed by atoms with E-state index in [2.05, 4.69) is 15.5 Å². The van der Waals surface area contributed by atoms with Crippen LogP contribution in [0.5, 0.6) is 0 Å². The molecule has 3 amide bonds. The Bertz CT molecular complexity index is 1150. The predicted molar refractivity (Wildman–Crippen MR) is 130 cm³/mol. The number of aromatic nitrogens is 1. The van der Waals surface area contributed by atoms with E-state index in [1.54, 1.807) is 23.0 Å². The Kier molecular flexibility index (Phi) is 9.26. The van der Waals surface area contributed by atoms with Gasteiger partial charge in [-0.2, -0.15) is 13.2 Å². The monoisotopic (exact) mass is 535 g/mol. The zero-order chi connectivity index (χ0) is 27.8. The van der Waals surface area contributed by atoms with Crippen LogP contribution in [0.4, 0.5) is 18.0 Å². The van der Waals surface area contributed by atoms with Crippen molar-refractivity contribution < 1.29 is 37.5 Å². The summed E-state index contributed by atoms with van der Waals surface area (Å²) in [4.78, 5) is 47.8. The summed E-state index contributed by atoms with van der Waals surface area (Å²) >= 11 is 0.